The number of rotatable bonds is 4. The summed E-state index contributed by atoms with van der Waals surface area (Å²) < 4.78 is 5.46. The Morgan fingerprint density at radius 3 is 2.78 bits per heavy atom. The highest BCUT2D eigenvalue weighted by Crippen LogP contribution is 2.27. The molecule has 0 N–H and O–H groups in total. The van der Waals surface area contributed by atoms with E-state index in [-0.39, 0.29) is 11.9 Å². The van der Waals surface area contributed by atoms with E-state index in [1.807, 2.05) is 42.0 Å². The van der Waals surface area contributed by atoms with Gasteiger partial charge in [-0.3, -0.25) is 14.7 Å². The second-order valence-corrected chi connectivity index (χ2v) is 7.35. The predicted octanol–water partition coefficient (Wildman–Crippen LogP) is 1.81. The summed E-state index contributed by atoms with van der Waals surface area (Å²) >= 11 is 1.99. The van der Waals surface area contributed by atoms with Gasteiger partial charge < -0.3 is 9.64 Å². The van der Waals surface area contributed by atoms with Crippen LogP contribution in [0.25, 0.3) is 0 Å². The van der Waals surface area contributed by atoms with E-state index in [9.17, 15) is 4.79 Å². The monoisotopic (exact) mass is 335 g/mol. The van der Waals surface area contributed by atoms with Crippen molar-refractivity contribution < 1.29 is 9.53 Å². The molecule has 1 atom stereocenters. The molecule has 1 aromatic rings. The molecule has 5 nitrogen and oxygen atoms in total. The number of carbonyl (C=O) groups is 1. The van der Waals surface area contributed by atoms with Crippen molar-refractivity contribution in [1.29, 1.82) is 0 Å². The van der Waals surface area contributed by atoms with E-state index in [0.29, 0.717) is 19.3 Å². The van der Waals surface area contributed by atoms with Gasteiger partial charge in [0.05, 0.1) is 13.2 Å². The number of nitrogens with zero attached hydrogens (tertiary/aromatic N) is 3. The van der Waals surface area contributed by atoms with Gasteiger partial charge in [-0.05, 0) is 36.0 Å². The molecule has 0 bridgehead atoms. The maximum Gasteiger partial charge on any atom is 0.244 e. The van der Waals surface area contributed by atoms with Gasteiger partial charge in [0.1, 0.15) is 6.04 Å². The normalized spacial score (nSPS) is 21.8. The number of aromatic nitrogens is 1. The highest BCUT2D eigenvalue weighted by atomic mass is 32.2. The molecule has 3 heterocycles. The number of morpholine rings is 1. The smallest absolute Gasteiger partial charge is 0.244 e. The van der Waals surface area contributed by atoms with Gasteiger partial charge in [0, 0.05) is 38.6 Å². The van der Waals surface area contributed by atoms with Crippen LogP contribution < -0.4 is 0 Å². The maximum atomic E-state index is 13.3. The van der Waals surface area contributed by atoms with Crippen molar-refractivity contribution in [3.05, 3.63) is 30.1 Å². The van der Waals surface area contributed by atoms with Gasteiger partial charge in [-0.25, -0.2) is 0 Å². The Balaban J connectivity index is 1.80. The third-order valence-electron chi connectivity index (χ3n) is 4.73. The van der Waals surface area contributed by atoms with E-state index in [1.54, 1.807) is 6.20 Å². The van der Waals surface area contributed by atoms with Crippen LogP contribution in [0.3, 0.4) is 0 Å². The van der Waals surface area contributed by atoms with Gasteiger partial charge in [-0.2, -0.15) is 11.8 Å². The zero-order valence-corrected chi connectivity index (χ0v) is 14.5. The van der Waals surface area contributed by atoms with Crippen LogP contribution in [0.1, 0.15) is 24.4 Å². The van der Waals surface area contributed by atoms with Gasteiger partial charge in [-0.1, -0.05) is 6.07 Å². The van der Waals surface area contributed by atoms with Crippen LogP contribution in [-0.4, -0.2) is 71.6 Å². The molecule has 2 fully saturated rings. The Labute approximate surface area is 142 Å². The van der Waals surface area contributed by atoms with Crippen molar-refractivity contribution in [2.24, 2.45) is 0 Å². The largest absolute Gasteiger partial charge is 0.379 e. The van der Waals surface area contributed by atoms with E-state index < -0.39 is 0 Å². The lowest BCUT2D eigenvalue weighted by atomic mass is 10.0. The quantitative estimate of drug-likeness (QED) is 0.840. The number of carbonyl (C=O) groups excluding carboxylic acids is 1. The molecule has 1 aromatic heterocycles. The first kappa shape index (κ1) is 16.7. The molecule has 6 heteroatoms. The van der Waals surface area contributed by atoms with Crippen LogP contribution in [0, 0.1) is 0 Å². The molecule has 0 spiro atoms. The summed E-state index contributed by atoms with van der Waals surface area (Å²) in [5.74, 6) is 2.49. The van der Waals surface area contributed by atoms with E-state index in [2.05, 4.69) is 9.88 Å². The SMILES string of the molecule is CN(C(=O)[C@H](c1cccnc1)N1CCOCC1)C1CCSCC1. The number of likely N-dealkylation sites (N-methyl/N-ethyl adjacent to an activating group) is 1. The van der Waals surface area contributed by atoms with E-state index in [1.165, 1.54) is 0 Å². The zero-order valence-electron chi connectivity index (χ0n) is 13.7. The van der Waals surface area contributed by atoms with E-state index in [4.69, 9.17) is 4.74 Å². The van der Waals surface area contributed by atoms with E-state index in [0.717, 1.165) is 43.0 Å². The summed E-state index contributed by atoms with van der Waals surface area (Å²) in [6.07, 6.45) is 5.76. The third kappa shape index (κ3) is 4.05. The van der Waals surface area contributed by atoms with Crippen molar-refractivity contribution in [3.8, 4) is 0 Å². The van der Waals surface area contributed by atoms with Crippen LogP contribution in [0.5, 0.6) is 0 Å². The Kier molecular flexibility index (Phi) is 5.91. The summed E-state index contributed by atoms with van der Waals surface area (Å²) in [7, 11) is 1.97. The van der Waals surface area contributed by atoms with Crippen molar-refractivity contribution in [2.45, 2.75) is 24.9 Å². The van der Waals surface area contributed by atoms with Gasteiger partial charge in [0.15, 0.2) is 0 Å². The molecule has 0 aliphatic carbocycles. The van der Waals surface area contributed by atoms with E-state index >= 15 is 0 Å². The minimum atomic E-state index is -0.243. The molecule has 1 amide bonds. The number of hydrogen-bond donors (Lipinski definition) is 0. The van der Waals surface area contributed by atoms with Crippen molar-refractivity contribution >= 4 is 17.7 Å². The fourth-order valence-corrected chi connectivity index (χ4v) is 4.41. The lowest BCUT2D eigenvalue weighted by Gasteiger charge is -2.39. The van der Waals surface area contributed by atoms with Crippen molar-refractivity contribution in [1.82, 2.24) is 14.8 Å². The van der Waals surface area contributed by atoms with Gasteiger partial charge in [-0.15, -0.1) is 0 Å². The second-order valence-electron chi connectivity index (χ2n) is 6.13. The number of thioether (sulfide) groups is 1. The Bertz CT molecular complexity index is 502. The van der Waals surface area contributed by atoms with Gasteiger partial charge >= 0.3 is 0 Å². The van der Waals surface area contributed by atoms with Crippen LogP contribution in [0.4, 0.5) is 0 Å². The first-order valence-electron chi connectivity index (χ1n) is 8.33. The van der Waals surface area contributed by atoms with Crippen LogP contribution in [-0.2, 0) is 9.53 Å². The molecule has 0 saturated carbocycles. The lowest BCUT2D eigenvalue weighted by molar-refractivity contribution is -0.140. The number of pyridine rings is 1. The van der Waals surface area contributed by atoms with Crippen LogP contribution in [0.15, 0.2) is 24.5 Å². The molecule has 126 valence electrons. The van der Waals surface area contributed by atoms with Crippen molar-refractivity contribution in [2.75, 3.05) is 44.9 Å². The van der Waals surface area contributed by atoms with Crippen LogP contribution >= 0.6 is 11.8 Å². The Morgan fingerprint density at radius 2 is 2.13 bits per heavy atom. The number of amides is 1. The fourth-order valence-electron chi connectivity index (χ4n) is 3.33. The second kappa shape index (κ2) is 8.13. The topological polar surface area (TPSA) is 45.7 Å². The van der Waals surface area contributed by atoms with Crippen molar-refractivity contribution in [3.63, 3.8) is 0 Å². The Morgan fingerprint density at radius 1 is 1.39 bits per heavy atom. The van der Waals surface area contributed by atoms with Crippen LogP contribution in [0.2, 0.25) is 0 Å². The summed E-state index contributed by atoms with van der Waals surface area (Å²) in [4.78, 5) is 21.7. The number of hydrogen-bond acceptors (Lipinski definition) is 5. The Hall–Kier alpha value is -1.11. The molecule has 0 unspecified atom stereocenters. The summed E-state index contributed by atoms with van der Waals surface area (Å²) in [6.45, 7) is 2.96. The summed E-state index contributed by atoms with van der Waals surface area (Å²) in [6, 6.07) is 4.04. The first-order chi connectivity index (χ1) is 11.3. The third-order valence-corrected chi connectivity index (χ3v) is 5.78. The highest BCUT2D eigenvalue weighted by molar-refractivity contribution is 7.99. The fraction of sp³-hybridized carbons (Fsp3) is 0.647. The highest BCUT2D eigenvalue weighted by Gasteiger charge is 2.34. The maximum absolute atomic E-state index is 13.3. The molecule has 2 saturated heterocycles. The predicted molar refractivity (Wildman–Crippen MR) is 92.5 cm³/mol. The molecular weight excluding hydrogens is 310 g/mol. The average molecular weight is 335 g/mol. The molecular formula is C17H25N3O2S. The summed E-state index contributed by atoms with van der Waals surface area (Å²) in [5.41, 5.74) is 0.983. The average Bonchev–Trinajstić information content (AvgIpc) is 2.64. The minimum absolute atomic E-state index is 0.191. The first-order valence-corrected chi connectivity index (χ1v) is 9.49. The van der Waals surface area contributed by atoms with Gasteiger partial charge in [0.25, 0.3) is 0 Å². The molecule has 23 heavy (non-hydrogen) atoms. The standard InChI is InChI=1S/C17H25N3O2S/c1-19(15-4-11-23-12-5-15)17(21)16(14-3-2-6-18-13-14)20-7-9-22-10-8-20/h2-3,6,13,15-16H,4-5,7-12H2,1H3/t16-/m0/s1. The molecule has 0 aromatic carbocycles. The minimum Gasteiger partial charge on any atom is -0.379 e. The number of ether oxygens (including phenoxy) is 1. The van der Waals surface area contributed by atoms with Gasteiger partial charge in [0.2, 0.25) is 5.91 Å². The molecule has 2 aliphatic heterocycles. The molecule has 2 aliphatic rings. The zero-order chi connectivity index (χ0) is 16.1. The molecule has 0 radical (unpaired) electrons. The molecule has 3 rings (SSSR count). The lowest BCUT2D eigenvalue weighted by Crippen LogP contribution is -2.49. The summed E-state index contributed by atoms with van der Waals surface area (Å²) in [5, 5.41) is 0.